The highest BCUT2D eigenvalue weighted by atomic mass is 16.2. The largest absolute Gasteiger partial charge is 0.358 e. The molecule has 3 rings (SSSR count). The van der Waals surface area contributed by atoms with E-state index < -0.39 is 11.7 Å². The van der Waals surface area contributed by atoms with Crippen LogP contribution in [-0.2, 0) is 9.59 Å². The number of para-hydroxylation sites is 1. The van der Waals surface area contributed by atoms with E-state index in [0.717, 1.165) is 36.8 Å². The van der Waals surface area contributed by atoms with Crippen LogP contribution in [0.15, 0.2) is 24.3 Å². The van der Waals surface area contributed by atoms with Gasteiger partial charge in [-0.25, -0.2) is 0 Å². The van der Waals surface area contributed by atoms with Gasteiger partial charge in [0.1, 0.15) is 0 Å². The van der Waals surface area contributed by atoms with Gasteiger partial charge in [-0.1, -0.05) is 25.1 Å². The zero-order chi connectivity index (χ0) is 18.7. The fourth-order valence-corrected chi connectivity index (χ4v) is 3.62. The number of hydrogen-bond donors (Lipinski definition) is 2. The molecular weight excluding hydrogens is 330 g/mol. The molecule has 0 bridgehead atoms. The summed E-state index contributed by atoms with van der Waals surface area (Å²) in [5.74, 6) is -0.682. The molecule has 2 heterocycles. The number of carbonyl (C=O) groups excluding carboxylic acids is 3. The highest BCUT2D eigenvalue weighted by molar-refractivity contribution is 6.45. The number of aryl methyl sites for hydroxylation is 1. The molecule has 0 saturated carbocycles. The normalized spacial score (nSPS) is 17.3. The highest BCUT2D eigenvalue weighted by Gasteiger charge is 2.24. The van der Waals surface area contributed by atoms with Crippen LogP contribution in [-0.4, -0.2) is 47.1 Å². The van der Waals surface area contributed by atoms with E-state index in [1.807, 2.05) is 29.2 Å². The number of Topliss-reactive ketones (excluding diaryl/α,β-unsaturated/α-hetero) is 1. The second-order valence-electron chi connectivity index (χ2n) is 7.09. The molecule has 1 aromatic heterocycles. The van der Waals surface area contributed by atoms with Crippen LogP contribution in [0.25, 0.3) is 10.9 Å². The lowest BCUT2D eigenvalue weighted by Gasteiger charge is -2.31. The number of fused-ring (bicyclic) bond motifs is 1. The third-order valence-electron chi connectivity index (χ3n) is 4.96. The number of nitrogens with zero attached hydrogens (tertiary/aromatic N) is 1. The Morgan fingerprint density at radius 1 is 1.27 bits per heavy atom. The summed E-state index contributed by atoms with van der Waals surface area (Å²) in [6.45, 7) is 5.66. The quantitative estimate of drug-likeness (QED) is 0.638. The first-order chi connectivity index (χ1) is 12.5. The average Bonchev–Trinajstić information content (AvgIpc) is 2.96. The van der Waals surface area contributed by atoms with Crippen molar-refractivity contribution in [1.82, 2.24) is 15.2 Å². The van der Waals surface area contributed by atoms with Gasteiger partial charge in [0.05, 0.1) is 5.56 Å². The molecule has 2 aromatic rings. The maximum Gasteiger partial charge on any atom is 0.292 e. The molecule has 1 aliphatic heterocycles. The standard InChI is InChI=1S/C20H25N3O3/c1-13-6-5-11-23(12-13)17(24)9-10-21-20(26)19(25)18-14(2)22-16-8-4-3-7-15(16)18/h3-4,7-8,13,22H,5-6,9-12H2,1-2H3,(H,21,26)/t13-/m0/s1. The minimum absolute atomic E-state index is 0.0348. The first-order valence-electron chi connectivity index (χ1n) is 9.15. The molecule has 0 spiro atoms. The van der Waals surface area contributed by atoms with E-state index in [1.165, 1.54) is 0 Å². The maximum atomic E-state index is 12.5. The summed E-state index contributed by atoms with van der Waals surface area (Å²) in [4.78, 5) is 42.0. The van der Waals surface area contributed by atoms with Crippen molar-refractivity contribution >= 4 is 28.5 Å². The van der Waals surface area contributed by atoms with Gasteiger partial charge in [0, 0.05) is 42.7 Å². The lowest BCUT2D eigenvalue weighted by Crippen LogP contribution is -2.41. The van der Waals surface area contributed by atoms with Crippen LogP contribution in [0.4, 0.5) is 0 Å². The number of hydrogen-bond acceptors (Lipinski definition) is 3. The number of aromatic amines is 1. The summed E-state index contributed by atoms with van der Waals surface area (Å²) in [7, 11) is 0. The van der Waals surface area contributed by atoms with Gasteiger partial charge in [0.15, 0.2) is 0 Å². The van der Waals surface area contributed by atoms with E-state index in [1.54, 1.807) is 6.92 Å². The topological polar surface area (TPSA) is 82.3 Å². The second-order valence-corrected chi connectivity index (χ2v) is 7.09. The number of rotatable bonds is 5. The molecule has 1 aliphatic rings. The summed E-state index contributed by atoms with van der Waals surface area (Å²) in [5.41, 5.74) is 1.90. The summed E-state index contributed by atoms with van der Waals surface area (Å²) in [6.07, 6.45) is 2.40. The number of likely N-dealkylation sites (tertiary alicyclic amines) is 1. The van der Waals surface area contributed by atoms with E-state index >= 15 is 0 Å². The molecule has 2 amide bonds. The highest BCUT2D eigenvalue weighted by Crippen LogP contribution is 2.22. The fraction of sp³-hybridized carbons (Fsp3) is 0.450. The monoisotopic (exact) mass is 355 g/mol. The Morgan fingerprint density at radius 2 is 2.04 bits per heavy atom. The van der Waals surface area contributed by atoms with E-state index in [4.69, 9.17) is 0 Å². The Hall–Kier alpha value is -2.63. The van der Waals surface area contributed by atoms with Gasteiger partial charge in [-0.2, -0.15) is 0 Å². The van der Waals surface area contributed by atoms with Gasteiger partial charge < -0.3 is 15.2 Å². The molecule has 26 heavy (non-hydrogen) atoms. The molecule has 6 nitrogen and oxygen atoms in total. The third-order valence-corrected chi connectivity index (χ3v) is 4.96. The van der Waals surface area contributed by atoms with Gasteiger partial charge in [0.25, 0.3) is 11.7 Å². The molecular formula is C20H25N3O3. The lowest BCUT2D eigenvalue weighted by molar-refractivity contribution is -0.132. The zero-order valence-electron chi connectivity index (χ0n) is 15.3. The Morgan fingerprint density at radius 3 is 2.81 bits per heavy atom. The number of amides is 2. The van der Waals surface area contributed by atoms with Crippen LogP contribution in [0.2, 0.25) is 0 Å². The summed E-state index contributed by atoms with van der Waals surface area (Å²) in [6, 6.07) is 7.40. The molecule has 0 unspecified atom stereocenters. The summed E-state index contributed by atoms with van der Waals surface area (Å²) in [5, 5.41) is 3.33. The first-order valence-corrected chi connectivity index (χ1v) is 9.15. The Kier molecular flexibility index (Phi) is 5.40. The number of benzene rings is 1. The minimum Gasteiger partial charge on any atom is -0.358 e. The number of carbonyl (C=O) groups is 3. The van der Waals surface area contributed by atoms with Crippen molar-refractivity contribution < 1.29 is 14.4 Å². The van der Waals surface area contributed by atoms with E-state index in [0.29, 0.717) is 17.2 Å². The molecule has 0 radical (unpaired) electrons. The molecule has 138 valence electrons. The van der Waals surface area contributed by atoms with Crippen molar-refractivity contribution in [1.29, 1.82) is 0 Å². The van der Waals surface area contributed by atoms with Crippen LogP contribution in [0.1, 0.15) is 42.2 Å². The number of nitrogens with one attached hydrogen (secondary N) is 2. The minimum atomic E-state index is -0.669. The van der Waals surface area contributed by atoms with Gasteiger partial charge in [-0.3, -0.25) is 14.4 Å². The molecule has 2 N–H and O–H groups in total. The predicted octanol–water partition coefficient (Wildman–Crippen LogP) is 2.42. The number of H-pyrrole nitrogens is 1. The summed E-state index contributed by atoms with van der Waals surface area (Å²) < 4.78 is 0. The Bertz CT molecular complexity index is 840. The molecule has 1 fully saturated rings. The van der Waals surface area contributed by atoms with Crippen molar-refractivity contribution in [2.75, 3.05) is 19.6 Å². The van der Waals surface area contributed by atoms with Gasteiger partial charge in [-0.05, 0) is 31.7 Å². The van der Waals surface area contributed by atoms with Crippen LogP contribution >= 0.6 is 0 Å². The van der Waals surface area contributed by atoms with Gasteiger partial charge >= 0.3 is 0 Å². The molecule has 1 saturated heterocycles. The average molecular weight is 355 g/mol. The smallest absolute Gasteiger partial charge is 0.292 e. The number of aromatic nitrogens is 1. The van der Waals surface area contributed by atoms with Crippen LogP contribution in [0, 0.1) is 12.8 Å². The lowest BCUT2D eigenvalue weighted by atomic mass is 10.00. The molecule has 1 aromatic carbocycles. The van der Waals surface area contributed by atoms with Crippen LogP contribution in [0.3, 0.4) is 0 Å². The fourth-order valence-electron chi connectivity index (χ4n) is 3.62. The molecule has 6 heteroatoms. The van der Waals surface area contributed by atoms with Crippen molar-refractivity contribution in [2.45, 2.75) is 33.1 Å². The van der Waals surface area contributed by atoms with Gasteiger partial charge in [0.2, 0.25) is 5.91 Å². The van der Waals surface area contributed by atoms with Crippen molar-refractivity contribution in [3.05, 3.63) is 35.5 Å². The van der Waals surface area contributed by atoms with Crippen molar-refractivity contribution in [3.63, 3.8) is 0 Å². The van der Waals surface area contributed by atoms with E-state index in [-0.39, 0.29) is 18.9 Å². The molecule has 1 atom stereocenters. The SMILES string of the molecule is Cc1[nH]c2ccccc2c1C(=O)C(=O)NCCC(=O)N1CCC[C@H](C)C1. The van der Waals surface area contributed by atoms with Crippen LogP contribution < -0.4 is 5.32 Å². The molecule has 0 aliphatic carbocycles. The third kappa shape index (κ3) is 3.79. The van der Waals surface area contributed by atoms with Crippen molar-refractivity contribution in [3.8, 4) is 0 Å². The van der Waals surface area contributed by atoms with Gasteiger partial charge in [-0.15, -0.1) is 0 Å². The predicted molar refractivity (Wildman–Crippen MR) is 100.0 cm³/mol. The number of piperidine rings is 1. The first kappa shape index (κ1) is 18.2. The van der Waals surface area contributed by atoms with Crippen molar-refractivity contribution in [2.24, 2.45) is 5.92 Å². The second kappa shape index (κ2) is 7.72. The van der Waals surface area contributed by atoms with E-state index in [9.17, 15) is 14.4 Å². The maximum absolute atomic E-state index is 12.5. The Balaban J connectivity index is 1.57. The van der Waals surface area contributed by atoms with E-state index in [2.05, 4.69) is 17.2 Å². The number of ketones is 1. The Labute approximate surface area is 152 Å². The van der Waals surface area contributed by atoms with Crippen LogP contribution in [0.5, 0.6) is 0 Å². The summed E-state index contributed by atoms with van der Waals surface area (Å²) >= 11 is 0. The zero-order valence-corrected chi connectivity index (χ0v) is 15.3.